The standard InChI is InChI=1S/C62H120O6/c1-6-8-9-10-11-12-13-14-15-16-17-22-29-34-39-44-49-54-62(65)68-59(56-67-61(64)53-48-43-38-33-28-24-23-25-30-35-40-45-50-57(3)4)55-66-60(63)52-47-42-37-32-27-21-19-18-20-26-31-36-41-46-51-58(5)7-2/h57-59H,6-56H2,1-5H3/t58?,59-/m1/s1. The Kier molecular flexibility index (Phi) is 53.5. The Bertz CT molecular complexity index is 1040. The summed E-state index contributed by atoms with van der Waals surface area (Å²) in [6.45, 7) is 11.5. The third kappa shape index (κ3) is 53.8. The Balaban J connectivity index is 4.30. The number of rotatable bonds is 56. The molecule has 0 bridgehead atoms. The molecule has 6 nitrogen and oxygen atoms in total. The maximum absolute atomic E-state index is 12.9. The molecule has 404 valence electrons. The van der Waals surface area contributed by atoms with Crippen LogP contribution in [-0.2, 0) is 28.6 Å². The van der Waals surface area contributed by atoms with E-state index in [4.69, 9.17) is 14.2 Å². The van der Waals surface area contributed by atoms with Gasteiger partial charge in [0, 0.05) is 19.3 Å². The van der Waals surface area contributed by atoms with Crippen LogP contribution in [0.3, 0.4) is 0 Å². The fourth-order valence-corrected chi connectivity index (χ4v) is 9.55. The zero-order valence-electron chi connectivity index (χ0n) is 46.7. The third-order valence-corrected chi connectivity index (χ3v) is 14.6. The average Bonchev–Trinajstić information content (AvgIpc) is 3.32. The molecule has 2 atom stereocenters. The Morgan fingerprint density at radius 3 is 0.838 bits per heavy atom. The number of unbranched alkanes of at least 4 members (excludes halogenated alkanes) is 40. The number of ether oxygens (including phenoxy) is 3. The van der Waals surface area contributed by atoms with Gasteiger partial charge in [0.1, 0.15) is 13.2 Å². The summed E-state index contributed by atoms with van der Waals surface area (Å²) in [5.41, 5.74) is 0. The van der Waals surface area contributed by atoms with Crippen molar-refractivity contribution in [1.82, 2.24) is 0 Å². The van der Waals surface area contributed by atoms with Gasteiger partial charge in [0.15, 0.2) is 6.10 Å². The number of esters is 3. The fraction of sp³-hybridized carbons (Fsp3) is 0.952. The van der Waals surface area contributed by atoms with Crippen LogP contribution >= 0.6 is 0 Å². The molecule has 1 unspecified atom stereocenters. The van der Waals surface area contributed by atoms with Crippen LogP contribution in [0.1, 0.15) is 349 Å². The van der Waals surface area contributed by atoms with E-state index < -0.39 is 6.10 Å². The molecule has 0 aliphatic rings. The molecule has 0 rings (SSSR count). The summed E-state index contributed by atoms with van der Waals surface area (Å²) < 4.78 is 16.9. The molecule has 0 N–H and O–H groups in total. The molecule has 0 aromatic heterocycles. The summed E-state index contributed by atoms with van der Waals surface area (Å²) >= 11 is 0. The molecule has 0 aliphatic heterocycles. The molecule has 6 heteroatoms. The van der Waals surface area contributed by atoms with Gasteiger partial charge in [-0.2, -0.15) is 0 Å². The summed E-state index contributed by atoms with van der Waals surface area (Å²) in [6.07, 6.45) is 59.5. The van der Waals surface area contributed by atoms with Crippen LogP contribution in [0, 0.1) is 11.8 Å². The van der Waals surface area contributed by atoms with Crippen molar-refractivity contribution in [3.05, 3.63) is 0 Å². The lowest BCUT2D eigenvalue weighted by Crippen LogP contribution is -2.30. The first kappa shape index (κ1) is 66.4. The van der Waals surface area contributed by atoms with E-state index >= 15 is 0 Å². The quantitative estimate of drug-likeness (QED) is 0.0343. The van der Waals surface area contributed by atoms with Crippen molar-refractivity contribution < 1.29 is 28.6 Å². The van der Waals surface area contributed by atoms with Gasteiger partial charge in [-0.25, -0.2) is 0 Å². The second kappa shape index (κ2) is 54.7. The minimum atomic E-state index is -0.763. The van der Waals surface area contributed by atoms with Crippen molar-refractivity contribution in [2.24, 2.45) is 11.8 Å². The largest absolute Gasteiger partial charge is 0.462 e. The highest BCUT2D eigenvalue weighted by Crippen LogP contribution is 2.19. The van der Waals surface area contributed by atoms with Crippen LogP contribution in [0.15, 0.2) is 0 Å². The molecule has 0 spiro atoms. The molecule has 0 heterocycles. The zero-order chi connectivity index (χ0) is 49.6. The zero-order valence-corrected chi connectivity index (χ0v) is 46.7. The molecular weight excluding hydrogens is 841 g/mol. The van der Waals surface area contributed by atoms with Gasteiger partial charge >= 0.3 is 17.9 Å². The maximum atomic E-state index is 12.9. The Morgan fingerprint density at radius 2 is 0.559 bits per heavy atom. The Morgan fingerprint density at radius 1 is 0.309 bits per heavy atom. The van der Waals surface area contributed by atoms with Gasteiger partial charge in [-0.3, -0.25) is 14.4 Å². The normalized spacial score (nSPS) is 12.4. The Hall–Kier alpha value is -1.59. The summed E-state index contributed by atoms with van der Waals surface area (Å²) in [4.78, 5) is 38.2. The fourth-order valence-electron chi connectivity index (χ4n) is 9.55. The van der Waals surface area contributed by atoms with Gasteiger partial charge in [0.05, 0.1) is 0 Å². The highest BCUT2D eigenvalue weighted by Gasteiger charge is 2.19. The predicted octanol–water partition coefficient (Wildman–Crippen LogP) is 20.4. The molecule has 68 heavy (non-hydrogen) atoms. The van der Waals surface area contributed by atoms with Crippen molar-refractivity contribution in [2.75, 3.05) is 13.2 Å². The van der Waals surface area contributed by atoms with Crippen LogP contribution in [0.2, 0.25) is 0 Å². The molecule has 0 saturated carbocycles. The van der Waals surface area contributed by atoms with Crippen molar-refractivity contribution in [3.8, 4) is 0 Å². The lowest BCUT2D eigenvalue weighted by molar-refractivity contribution is -0.167. The second-order valence-corrected chi connectivity index (χ2v) is 22.1. The van der Waals surface area contributed by atoms with E-state index in [2.05, 4.69) is 34.6 Å². The van der Waals surface area contributed by atoms with E-state index in [9.17, 15) is 14.4 Å². The lowest BCUT2D eigenvalue weighted by Gasteiger charge is -2.18. The van der Waals surface area contributed by atoms with Gasteiger partial charge < -0.3 is 14.2 Å². The topological polar surface area (TPSA) is 78.9 Å². The van der Waals surface area contributed by atoms with E-state index in [1.165, 1.54) is 238 Å². The number of hydrogen-bond donors (Lipinski definition) is 0. The van der Waals surface area contributed by atoms with Crippen LogP contribution in [0.4, 0.5) is 0 Å². The van der Waals surface area contributed by atoms with Gasteiger partial charge in [0.2, 0.25) is 0 Å². The van der Waals surface area contributed by atoms with E-state index in [-0.39, 0.29) is 31.1 Å². The highest BCUT2D eigenvalue weighted by atomic mass is 16.6. The summed E-state index contributed by atoms with van der Waals surface area (Å²) in [6, 6.07) is 0. The van der Waals surface area contributed by atoms with E-state index in [0.29, 0.717) is 19.3 Å². The first-order valence-corrected chi connectivity index (χ1v) is 30.8. The molecule has 0 aromatic rings. The SMILES string of the molecule is CCCCCCCCCCCCCCCCCCCC(=O)O[C@H](COC(=O)CCCCCCCCCCCCCCCCC(C)CC)COC(=O)CCCCCCCCCCCCCCC(C)C. The van der Waals surface area contributed by atoms with Crippen LogP contribution < -0.4 is 0 Å². The molecule has 0 aromatic carbocycles. The first-order chi connectivity index (χ1) is 33.3. The van der Waals surface area contributed by atoms with Crippen LogP contribution in [0.5, 0.6) is 0 Å². The molecule has 0 fully saturated rings. The summed E-state index contributed by atoms with van der Waals surface area (Å²) in [7, 11) is 0. The first-order valence-electron chi connectivity index (χ1n) is 30.8. The number of carbonyl (C=O) groups is 3. The Labute approximate surface area is 425 Å². The lowest BCUT2D eigenvalue weighted by atomic mass is 9.99. The van der Waals surface area contributed by atoms with Crippen molar-refractivity contribution in [2.45, 2.75) is 355 Å². The van der Waals surface area contributed by atoms with Crippen molar-refractivity contribution in [1.29, 1.82) is 0 Å². The third-order valence-electron chi connectivity index (χ3n) is 14.6. The van der Waals surface area contributed by atoms with Gasteiger partial charge in [-0.05, 0) is 31.1 Å². The maximum Gasteiger partial charge on any atom is 0.306 e. The van der Waals surface area contributed by atoms with E-state index in [0.717, 1.165) is 69.6 Å². The minimum Gasteiger partial charge on any atom is -0.462 e. The van der Waals surface area contributed by atoms with Gasteiger partial charge in [-0.15, -0.1) is 0 Å². The molecular formula is C62H120O6. The number of hydrogen-bond acceptors (Lipinski definition) is 6. The summed E-state index contributed by atoms with van der Waals surface area (Å²) in [5.74, 6) is 0.895. The second-order valence-electron chi connectivity index (χ2n) is 22.1. The van der Waals surface area contributed by atoms with Crippen molar-refractivity contribution in [3.63, 3.8) is 0 Å². The monoisotopic (exact) mass is 961 g/mol. The average molecular weight is 962 g/mol. The molecule has 0 radical (unpaired) electrons. The molecule has 0 aliphatic carbocycles. The number of carbonyl (C=O) groups excluding carboxylic acids is 3. The van der Waals surface area contributed by atoms with Gasteiger partial charge in [0.25, 0.3) is 0 Å². The molecule has 0 amide bonds. The minimum absolute atomic E-state index is 0.0622. The van der Waals surface area contributed by atoms with Crippen molar-refractivity contribution >= 4 is 17.9 Å². The van der Waals surface area contributed by atoms with Crippen LogP contribution in [-0.4, -0.2) is 37.2 Å². The highest BCUT2D eigenvalue weighted by molar-refractivity contribution is 5.71. The van der Waals surface area contributed by atoms with Crippen LogP contribution in [0.25, 0.3) is 0 Å². The summed E-state index contributed by atoms with van der Waals surface area (Å²) in [5, 5.41) is 0. The molecule has 0 saturated heterocycles. The van der Waals surface area contributed by atoms with E-state index in [1.807, 2.05) is 0 Å². The predicted molar refractivity (Wildman–Crippen MR) is 293 cm³/mol. The van der Waals surface area contributed by atoms with Gasteiger partial charge in [-0.1, -0.05) is 311 Å². The van der Waals surface area contributed by atoms with E-state index in [1.54, 1.807) is 0 Å². The smallest absolute Gasteiger partial charge is 0.306 e.